The average Bonchev–Trinajstić information content (AvgIpc) is 2.93. The minimum Gasteiger partial charge on any atom is -0.481 e. The van der Waals surface area contributed by atoms with Crippen LogP contribution in [0.25, 0.3) is 0 Å². The molecule has 0 aromatic rings. The molecule has 1 atom stereocenters. The Bertz CT molecular complexity index is 610. The van der Waals surface area contributed by atoms with Crippen LogP contribution in [0.15, 0.2) is 24.3 Å². The van der Waals surface area contributed by atoms with Crippen molar-refractivity contribution in [3.8, 4) is 0 Å². The van der Waals surface area contributed by atoms with E-state index in [4.69, 9.17) is 9.84 Å². The summed E-state index contributed by atoms with van der Waals surface area (Å²) >= 11 is 0. The molecule has 0 saturated heterocycles. The number of esters is 1. The number of allylic oxidation sites excluding steroid dienone is 4. The van der Waals surface area contributed by atoms with Gasteiger partial charge in [0.2, 0.25) is 0 Å². The number of hydrogen-bond acceptors (Lipinski definition) is 3. The smallest absolute Gasteiger partial charge is 0.306 e. The van der Waals surface area contributed by atoms with E-state index in [1.165, 1.54) is 83.5 Å². The highest BCUT2D eigenvalue weighted by atomic mass is 16.5. The van der Waals surface area contributed by atoms with Crippen molar-refractivity contribution in [1.82, 2.24) is 0 Å². The zero-order chi connectivity index (χ0) is 29.4. The lowest BCUT2D eigenvalue weighted by Crippen LogP contribution is -2.18. The van der Waals surface area contributed by atoms with Crippen molar-refractivity contribution in [2.24, 2.45) is 0 Å². The molecule has 0 heterocycles. The topological polar surface area (TPSA) is 63.6 Å². The Morgan fingerprint density at radius 1 is 0.550 bits per heavy atom. The van der Waals surface area contributed by atoms with Gasteiger partial charge in [0.25, 0.3) is 0 Å². The van der Waals surface area contributed by atoms with E-state index < -0.39 is 5.97 Å². The van der Waals surface area contributed by atoms with Gasteiger partial charge in [0.05, 0.1) is 0 Å². The lowest BCUT2D eigenvalue weighted by atomic mass is 10.0. The van der Waals surface area contributed by atoms with Crippen molar-refractivity contribution < 1.29 is 19.4 Å². The fraction of sp³-hybridized carbons (Fsp3) is 0.833. The number of unbranched alkanes of at least 4 members (excludes halogenated alkanes) is 18. The largest absolute Gasteiger partial charge is 0.481 e. The molecule has 0 rings (SSSR count). The maximum absolute atomic E-state index is 12.6. The molecular formula is C36H66O4. The Labute approximate surface area is 248 Å². The van der Waals surface area contributed by atoms with E-state index in [-0.39, 0.29) is 18.5 Å². The number of hydrogen-bond donors (Lipinski definition) is 1. The molecule has 0 saturated carbocycles. The van der Waals surface area contributed by atoms with E-state index in [9.17, 15) is 9.59 Å². The van der Waals surface area contributed by atoms with Crippen LogP contribution < -0.4 is 0 Å². The maximum atomic E-state index is 12.6. The molecule has 0 aromatic carbocycles. The summed E-state index contributed by atoms with van der Waals surface area (Å²) in [6.45, 7) is 4.47. The number of carbonyl (C=O) groups is 2. The van der Waals surface area contributed by atoms with E-state index in [2.05, 4.69) is 38.2 Å². The molecule has 1 N–H and O–H groups in total. The molecule has 0 aliphatic carbocycles. The van der Waals surface area contributed by atoms with Crippen molar-refractivity contribution in [2.45, 2.75) is 193 Å². The van der Waals surface area contributed by atoms with Crippen LogP contribution >= 0.6 is 0 Å². The van der Waals surface area contributed by atoms with Crippen LogP contribution in [-0.2, 0) is 14.3 Å². The highest BCUT2D eigenvalue weighted by Crippen LogP contribution is 2.18. The lowest BCUT2D eigenvalue weighted by molar-refractivity contribution is -0.150. The molecule has 0 spiro atoms. The second-order valence-electron chi connectivity index (χ2n) is 11.7. The van der Waals surface area contributed by atoms with Gasteiger partial charge < -0.3 is 9.84 Å². The van der Waals surface area contributed by atoms with E-state index in [0.29, 0.717) is 6.42 Å². The van der Waals surface area contributed by atoms with E-state index in [0.717, 1.165) is 77.0 Å². The SMILES string of the molecule is CCC/C=C\C/C=C\CCCCCCCC(=O)OC(CCCCCCCCCCC)CCCCCCCC(=O)O. The third-order valence-corrected chi connectivity index (χ3v) is 7.66. The Hall–Kier alpha value is -1.58. The quantitative estimate of drug-likeness (QED) is 0.0518. The average molecular weight is 563 g/mol. The molecule has 0 aromatic heterocycles. The van der Waals surface area contributed by atoms with Crippen LogP contribution in [0.2, 0.25) is 0 Å². The predicted molar refractivity (Wildman–Crippen MR) is 172 cm³/mol. The Kier molecular flexibility index (Phi) is 30.7. The molecule has 0 radical (unpaired) electrons. The summed E-state index contributed by atoms with van der Waals surface area (Å²) in [6, 6.07) is 0. The Morgan fingerprint density at radius 2 is 1.02 bits per heavy atom. The van der Waals surface area contributed by atoms with Crippen LogP contribution in [0.1, 0.15) is 187 Å². The normalized spacial score (nSPS) is 12.4. The first-order chi connectivity index (χ1) is 19.6. The number of aliphatic carboxylic acids is 1. The van der Waals surface area contributed by atoms with Crippen LogP contribution in [0, 0.1) is 0 Å². The minimum absolute atomic E-state index is 0.0126. The van der Waals surface area contributed by atoms with Crippen molar-refractivity contribution >= 4 is 11.9 Å². The summed E-state index contributed by atoms with van der Waals surface area (Å²) < 4.78 is 5.96. The van der Waals surface area contributed by atoms with Gasteiger partial charge in [-0.25, -0.2) is 0 Å². The molecule has 0 bridgehead atoms. The Morgan fingerprint density at radius 3 is 1.57 bits per heavy atom. The maximum Gasteiger partial charge on any atom is 0.306 e. The fourth-order valence-electron chi connectivity index (χ4n) is 5.10. The second kappa shape index (κ2) is 31.9. The molecule has 4 nitrogen and oxygen atoms in total. The number of carbonyl (C=O) groups excluding carboxylic acids is 1. The molecule has 0 amide bonds. The first kappa shape index (κ1) is 38.4. The van der Waals surface area contributed by atoms with Gasteiger partial charge >= 0.3 is 11.9 Å². The van der Waals surface area contributed by atoms with Crippen LogP contribution in [0.4, 0.5) is 0 Å². The molecular weight excluding hydrogens is 496 g/mol. The van der Waals surface area contributed by atoms with Gasteiger partial charge in [-0.05, 0) is 64.2 Å². The van der Waals surface area contributed by atoms with Crippen molar-refractivity contribution in [3.05, 3.63) is 24.3 Å². The monoisotopic (exact) mass is 562 g/mol. The van der Waals surface area contributed by atoms with Gasteiger partial charge in [-0.2, -0.15) is 0 Å². The van der Waals surface area contributed by atoms with Gasteiger partial charge in [0.15, 0.2) is 0 Å². The zero-order valence-corrected chi connectivity index (χ0v) is 26.7. The summed E-state index contributed by atoms with van der Waals surface area (Å²) in [4.78, 5) is 23.2. The highest BCUT2D eigenvalue weighted by Gasteiger charge is 2.14. The summed E-state index contributed by atoms with van der Waals surface area (Å²) in [7, 11) is 0. The Balaban J connectivity index is 4.06. The van der Waals surface area contributed by atoms with E-state index in [1.54, 1.807) is 0 Å². The fourth-order valence-corrected chi connectivity index (χ4v) is 5.10. The van der Waals surface area contributed by atoms with Crippen LogP contribution in [0.3, 0.4) is 0 Å². The van der Waals surface area contributed by atoms with E-state index in [1.807, 2.05) is 0 Å². The predicted octanol–water partition coefficient (Wildman–Crippen LogP) is 11.7. The standard InChI is InChI=1S/C36H66O4/c1-3-5-7-9-11-13-14-15-16-18-20-25-29-33-36(39)40-34(31-27-23-21-24-28-32-35(37)38)30-26-22-19-17-12-10-8-6-4-2/h7,9,13-14,34H,3-6,8,10-12,15-33H2,1-2H3,(H,37,38)/b9-7-,14-13-. The molecule has 0 aliphatic rings. The van der Waals surface area contributed by atoms with Crippen LogP contribution in [-0.4, -0.2) is 23.1 Å². The lowest BCUT2D eigenvalue weighted by Gasteiger charge is -2.18. The van der Waals surface area contributed by atoms with Gasteiger partial charge in [-0.15, -0.1) is 0 Å². The van der Waals surface area contributed by atoms with Crippen molar-refractivity contribution in [3.63, 3.8) is 0 Å². The third-order valence-electron chi connectivity index (χ3n) is 7.66. The first-order valence-electron chi connectivity index (χ1n) is 17.3. The van der Waals surface area contributed by atoms with Crippen molar-refractivity contribution in [1.29, 1.82) is 0 Å². The minimum atomic E-state index is -0.702. The molecule has 234 valence electrons. The van der Waals surface area contributed by atoms with Crippen LogP contribution in [0.5, 0.6) is 0 Å². The highest BCUT2D eigenvalue weighted by molar-refractivity contribution is 5.69. The summed E-state index contributed by atoms with van der Waals surface area (Å²) in [6.07, 6.45) is 39.0. The second-order valence-corrected chi connectivity index (χ2v) is 11.7. The summed E-state index contributed by atoms with van der Waals surface area (Å²) in [5, 5.41) is 8.78. The summed E-state index contributed by atoms with van der Waals surface area (Å²) in [5.74, 6) is -0.715. The summed E-state index contributed by atoms with van der Waals surface area (Å²) in [5.41, 5.74) is 0. The molecule has 40 heavy (non-hydrogen) atoms. The number of ether oxygens (including phenoxy) is 1. The molecule has 0 aliphatic heterocycles. The number of carboxylic acid groups (broad SMARTS) is 1. The first-order valence-corrected chi connectivity index (χ1v) is 17.3. The van der Waals surface area contributed by atoms with Gasteiger partial charge in [-0.1, -0.05) is 134 Å². The van der Waals surface area contributed by atoms with E-state index >= 15 is 0 Å². The van der Waals surface area contributed by atoms with Gasteiger partial charge in [0.1, 0.15) is 6.10 Å². The number of carboxylic acids is 1. The zero-order valence-electron chi connectivity index (χ0n) is 26.7. The van der Waals surface area contributed by atoms with Crippen molar-refractivity contribution in [2.75, 3.05) is 0 Å². The molecule has 4 heteroatoms. The van der Waals surface area contributed by atoms with Gasteiger partial charge in [-0.3, -0.25) is 9.59 Å². The number of rotatable bonds is 31. The van der Waals surface area contributed by atoms with Gasteiger partial charge in [0, 0.05) is 12.8 Å². The molecule has 0 fully saturated rings. The third kappa shape index (κ3) is 31.0. The molecule has 1 unspecified atom stereocenters.